The summed E-state index contributed by atoms with van der Waals surface area (Å²) in [5, 5.41) is 7.02. The van der Waals surface area contributed by atoms with Crippen LogP contribution in [-0.4, -0.2) is 20.4 Å². The number of nitrogens with one attached hydrogen (secondary N) is 1. The Morgan fingerprint density at radius 1 is 1.29 bits per heavy atom. The van der Waals surface area contributed by atoms with E-state index in [0.717, 1.165) is 6.20 Å². The minimum Gasteiger partial charge on any atom is -0.493 e. The number of methoxy groups -OCH3 is 2. The van der Waals surface area contributed by atoms with Crippen LogP contribution in [0.15, 0.2) is 27.5 Å². The first-order valence-electron chi connectivity index (χ1n) is 6.51. The van der Waals surface area contributed by atoms with Gasteiger partial charge in [-0.05, 0) is 12.1 Å². The van der Waals surface area contributed by atoms with Gasteiger partial charge in [-0.25, -0.2) is 0 Å². The molecule has 128 valence electrons. The zero-order valence-electron chi connectivity index (χ0n) is 12.7. The highest BCUT2D eigenvalue weighted by Crippen LogP contribution is 2.40. The van der Waals surface area contributed by atoms with Gasteiger partial charge in [-0.3, -0.25) is 4.79 Å². The molecule has 0 aliphatic heterocycles. The Kier molecular flexibility index (Phi) is 4.54. The lowest BCUT2D eigenvalue weighted by Crippen LogP contribution is -2.19. The molecular weight excluding hydrogens is 329 g/mol. The van der Waals surface area contributed by atoms with Gasteiger partial charge in [0.15, 0.2) is 11.3 Å². The van der Waals surface area contributed by atoms with Crippen molar-refractivity contribution in [3.8, 4) is 11.5 Å². The van der Waals surface area contributed by atoms with Crippen molar-refractivity contribution in [2.24, 2.45) is 5.73 Å². The van der Waals surface area contributed by atoms with Gasteiger partial charge in [-0.15, -0.1) is 0 Å². The van der Waals surface area contributed by atoms with Crippen molar-refractivity contribution in [2.75, 3.05) is 14.2 Å². The van der Waals surface area contributed by atoms with Gasteiger partial charge < -0.3 is 25.0 Å². The van der Waals surface area contributed by atoms with Crippen LogP contribution in [0.25, 0.3) is 16.5 Å². The monoisotopic (exact) mass is 342 g/mol. The van der Waals surface area contributed by atoms with Crippen LogP contribution in [0.3, 0.4) is 0 Å². The number of hydrogen-bond donors (Lipinski definition) is 2. The Labute approximate surface area is 133 Å². The standard InChI is InChI=1S/C15H13F3N2O4/c1-22-9-4-3-8-11(21)10(7(5-19)6-20)14(15(16,17)18)24-12(8)13(9)23-2/h3-6,19H,20H2,1-2H3/b7-6+,19-5?. The van der Waals surface area contributed by atoms with Crippen molar-refractivity contribution in [3.63, 3.8) is 0 Å². The Morgan fingerprint density at radius 2 is 1.96 bits per heavy atom. The summed E-state index contributed by atoms with van der Waals surface area (Å²) in [6, 6.07) is 2.62. The maximum absolute atomic E-state index is 13.4. The second-order valence-electron chi connectivity index (χ2n) is 4.58. The molecule has 0 saturated heterocycles. The van der Waals surface area contributed by atoms with E-state index in [-0.39, 0.29) is 16.9 Å². The van der Waals surface area contributed by atoms with E-state index in [1.54, 1.807) is 0 Å². The molecule has 0 saturated carbocycles. The molecule has 0 radical (unpaired) electrons. The summed E-state index contributed by atoms with van der Waals surface area (Å²) in [7, 11) is 2.51. The number of benzene rings is 1. The molecule has 6 nitrogen and oxygen atoms in total. The third-order valence-electron chi connectivity index (χ3n) is 3.28. The summed E-state index contributed by atoms with van der Waals surface area (Å²) >= 11 is 0. The van der Waals surface area contributed by atoms with E-state index in [2.05, 4.69) is 0 Å². The fraction of sp³-hybridized carbons (Fsp3) is 0.200. The van der Waals surface area contributed by atoms with E-state index in [4.69, 9.17) is 25.0 Å². The largest absolute Gasteiger partial charge is 0.493 e. The van der Waals surface area contributed by atoms with E-state index in [9.17, 15) is 18.0 Å². The van der Waals surface area contributed by atoms with E-state index >= 15 is 0 Å². The molecular formula is C15H13F3N2O4. The zero-order chi connectivity index (χ0) is 18.1. The smallest absolute Gasteiger partial charge is 0.450 e. The van der Waals surface area contributed by atoms with Gasteiger partial charge in [0.1, 0.15) is 0 Å². The number of halogens is 3. The zero-order valence-corrected chi connectivity index (χ0v) is 12.7. The van der Waals surface area contributed by atoms with Crippen LogP contribution in [0.4, 0.5) is 13.2 Å². The van der Waals surface area contributed by atoms with Gasteiger partial charge in [0.2, 0.25) is 16.9 Å². The molecule has 3 N–H and O–H groups in total. The first-order valence-corrected chi connectivity index (χ1v) is 6.51. The highest BCUT2D eigenvalue weighted by atomic mass is 19.4. The molecule has 9 heteroatoms. The molecule has 0 unspecified atom stereocenters. The normalized spacial score (nSPS) is 12.3. The highest BCUT2D eigenvalue weighted by molar-refractivity contribution is 6.09. The highest BCUT2D eigenvalue weighted by Gasteiger charge is 2.40. The molecule has 2 rings (SSSR count). The van der Waals surface area contributed by atoms with E-state index in [1.165, 1.54) is 26.4 Å². The second-order valence-corrected chi connectivity index (χ2v) is 4.58. The molecule has 1 heterocycles. The average Bonchev–Trinajstić information content (AvgIpc) is 2.55. The number of nitrogens with two attached hydrogens (primary N) is 1. The molecule has 0 aliphatic carbocycles. The lowest BCUT2D eigenvalue weighted by molar-refractivity contribution is -0.153. The van der Waals surface area contributed by atoms with Gasteiger partial charge in [0, 0.05) is 18.0 Å². The van der Waals surface area contributed by atoms with Gasteiger partial charge in [-0.1, -0.05) is 0 Å². The van der Waals surface area contributed by atoms with Gasteiger partial charge >= 0.3 is 6.18 Å². The summed E-state index contributed by atoms with van der Waals surface area (Å²) in [6.07, 6.45) is -3.69. The van der Waals surface area contributed by atoms with E-state index < -0.39 is 34.1 Å². The number of fused-ring (bicyclic) bond motifs is 1. The number of ether oxygens (including phenoxy) is 2. The fourth-order valence-electron chi connectivity index (χ4n) is 2.24. The average molecular weight is 342 g/mol. The van der Waals surface area contributed by atoms with E-state index in [0.29, 0.717) is 6.21 Å². The van der Waals surface area contributed by atoms with Crippen molar-refractivity contribution >= 4 is 22.8 Å². The Hall–Kier alpha value is -2.97. The minimum atomic E-state index is -4.98. The van der Waals surface area contributed by atoms with Crippen molar-refractivity contribution in [1.29, 1.82) is 5.41 Å². The lowest BCUT2D eigenvalue weighted by Gasteiger charge is -2.15. The number of allylic oxidation sites excluding steroid dienone is 1. The van der Waals surface area contributed by atoms with Crippen molar-refractivity contribution in [1.82, 2.24) is 0 Å². The first-order chi connectivity index (χ1) is 11.3. The summed E-state index contributed by atoms with van der Waals surface area (Å²) in [5.74, 6) is -1.60. The summed E-state index contributed by atoms with van der Waals surface area (Å²) in [5.41, 5.74) is 2.61. The SMILES string of the molecule is COc1ccc2c(=O)c(/C(C=N)=C/N)c(C(F)(F)F)oc2c1OC. The van der Waals surface area contributed by atoms with Crippen LogP contribution in [0, 0.1) is 5.41 Å². The minimum absolute atomic E-state index is 0.107. The Bertz CT molecular complexity index is 885. The maximum atomic E-state index is 13.4. The molecule has 0 fully saturated rings. The molecule has 0 bridgehead atoms. The van der Waals surface area contributed by atoms with Crippen molar-refractivity contribution in [3.05, 3.63) is 39.9 Å². The Morgan fingerprint density at radius 3 is 2.42 bits per heavy atom. The van der Waals surface area contributed by atoms with Crippen LogP contribution in [0.1, 0.15) is 11.3 Å². The predicted molar refractivity (Wildman–Crippen MR) is 81.5 cm³/mol. The van der Waals surface area contributed by atoms with Crippen LogP contribution in [-0.2, 0) is 6.18 Å². The van der Waals surface area contributed by atoms with Crippen LogP contribution < -0.4 is 20.6 Å². The quantitative estimate of drug-likeness (QED) is 0.833. The van der Waals surface area contributed by atoms with Gasteiger partial charge in [0.25, 0.3) is 0 Å². The third-order valence-corrected chi connectivity index (χ3v) is 3.28. The lowest BCUT2D eigenvalue weighted by atomic mass is 10.0. The summed E-state index contributed by atoms with van der Waals surface area (Å²) in [4.78, 5) is 12.6. The number of hydrogen-bond acceptors (Lipinski definition) is 6. The summed E-state index contributed by atoms with van der Waals surface area (Å²) < 4.78 is 55.0. The molecule has 2 aromatic rings. The van der Waals surface area contributed by atoms with Crippen LogP contribution >= 0.6 is 0 Å². The molecule has 0 spiro atoms. The Balaban J connectivity index is 3.07. The van der Waals surface area contributed by atoms with Gasteiger partial charge in [0.05, 0.1) is 25.2 Å². The van der Waals surface area contributed by atoms with Crippen LogP contribution in [0.5, 0.6) is 11.5 Å². The second kappa shape index (κ2) is 6.26. The number of alkyl halides is 3. The molecule has 1 aromatic carbocycles. The van der Waals surface area contributed by atoms with E-state index in [1.807, 2.05) is 0 Å². The van der Waals surface area contributed by atoms with Crippen LogP contribution in [0.2, 0.25) is 0 Å². The molecule has 1 aromatic heterocycles. The van der Waals surface area contributed by atoms with Crippen molar-refractivity contribution in [2.45, 2.75) is 6.18 Å². The van der Waals surface area contributed by atoms with Gasteiger partial charge in [-0.2, -0.15) is 13.2 Å². The molecule has 0 atom stereocenters. The van der Waals surface area contributed by atoms with Crippen molar-refractivity contribution < 1.29 is 27.1 Å². The maximum Gasteiger partial charge on any atom is 0.450 e. The topological polar surface area (TPSA) is 98.5 Å². The molecule has 24 heavy (non-hydrogen) atoms. The first kappa shape index (κ1) is 17.4. The third kappa shape index (κ3) is 2.68. The molecule has 0 amide bonds. The predicted octanol–water partition coefficient (Wildman–Crippen LogP) is 2.78. The molecule has 0 aliphatic rings. The number of rotatable bonds is 4. The fourth-order valence-corrected chi connectivity index (χ4v) is 2.24. The summed E-state index contributed by atoms with van der Waals surface area (Å²) in [6.45, 7) is 0.